The van der Waals surface area contributed by atoms with Crippen molar-refractivity contribution in [2.24, 2.45) is 0 Å². The summed E-state index contributed by atoms with van der Waals surface area (Å²) < 4.78 is 24.0. The van der Waals surface area contributed by atoms with Crippen molar-refractivity contribution in [1.29, 1.82) is 0 Å². The van der Waals surface area contributed by atoms with Crippen LogP contribution in [-0.2, 0) is 14.6 Å². The third kappa shape index (κ3) is 2.90. The third-order valence-corrected chi connectivity index (χ3v) is 5.57. The Kier molecular flexibility index (Phi) is 4.11. The molecule has 2 aromatic carbocycles. The topological polar surface area (TPSA) is 83.6 Å². The fourth-order valence-electron chi connectivity index (χ4n) is 2.56. The number of nitrogens with zero attached hydrogens (tertiary/aromatic N) is 1. The Labute approximate surface area is 140 Å². The van der Waals surface area contributed by atoms with Gasteiger partial charge in [-0.25, -0.2) is 8.42 Å². The molecule has 2 aromatic rings. The van der Waals surface area contributed by atoms with Crippen molar-refractivity contribution in [2.75, 3.05) is 22.5 Å². The number of hydrogen-bond donors (Lipinski definition) is 1. The van der Waals surface area contributed by atoms with E-state index in [1.54, 1.807) is 37.3 Å². The normalized spacial score (nSPS) is 14.0. The maximum atomic E-state index is 12.8. The van der Waals surface area contributed by atoms with Gasteiger partial charge in [0.2, 0.25) is 5.91 Å². The lowest BCUT2D eigenvalue weighted by molar-refractivity contribution is -0.115. The van der Waals surface area contributed by atoms with E-state index in [1.807, 2.05) is 0 Å². The molecule has 0 aliphatic carbocycles. The molecule has 1 aliphatic rings. The van der Waals surface area contributed by atoms with Gasteiger partial charge >= 0.3 is 0 Å². The first-order chi connectivity index (χ1) is 11.4. The average Bonchev–Trinajstić information content (AvgIpc) is 2.60. The van der Waals surface area contributed by atoms with Gasteiger partial charge in [0.1, 0.15) is 6.54 Å². The van der Waals surface area contributed by atoms with Gasteiger partial charge in [0.05, 0.1) is 22.0 Å². The summed E-state index contributed by atoms with van der Waals surface area (Å²) in [4.78, 5) is 26.1. The van der Waals surface area contributed by atoms with Crippen LogP contribution < -0.4 is 10.2 Å². The van der Waals surface area contributed by atoms with Crippen LogP contribution in [0.25, 0.3) is 0 Å². The number of sulfone groups is 1. The standard InChI is InChI=1S/C17H16N2O4S/c1-2-24(22,23)13-7-5-6-12(10-13)17(21)19-11-16(20)18-14-8-3-4-9-15(14)19/h3-10H,2,11H2,1H3,(H,18,20). The van der Waals surface area contributed by atoms with E-state index in [-0.39, 0.29) is 28.7 Å². The number of carbonyl (C=O) groups is 2. The van der Waals surface area contributed by atoms with Gasteiger partial charge in [-0.05, 0) is 30.3 Å². The summed E-state index contributed by atoms with van der Waals surface area (Å²) >= 11 is 0. The molecule has 0 aromatic heterocycles. The fourth-order valence-corrected chi connectivity index (χ4v) is 3.49. The van der Waals surface area contributed by atoms with Crippen molar-refractivity contribution < 1.29 is 18.0 Å². The van der Waals surface area contributed by atoms with Crippen LogP contribution in [0.5, 0.6) is 0 Å². The van der Waals surface area contributed by atoms with Crippen LogP contribution in [0.2, 0.25) is 0 Å². The minimum Gasteiger partial charge on any atom is -0.323 e. The van der Waals surface area contributed by atoms with E-state index in [9.17, 15) is 18.0 Å². The highest BCUT2D eigenvalue weighted by atomic mass is 32.2. The monoisotopic (exact) mass is 344 g/mol. The first kappa shape index (κ1) is 16.2. The van der Waals surface area contributed by atoms with Gasteiger partial charge in [0, 0.05) is 5.56 Å². The predicted molar refractivity (Wildman–Crippen MR) is 90.9 cm³/mol. The van der Waals surface area contributed by atoms with Gasteiger partial charge in [-0.3, -0.25) is 14.5 Å². The number of fused-ring (bicyclic) bond motifs is 1. The Morgan fingerprint density at radius 1 is 1.17 bits per heavy atom. The summed E-state index contributed by atoms with van der Waals surface area (Å²) in [6.07, 6.45) is 0. The fraction of sp³-hybridized carbons (Fsp3) is 0.176. The summed E-state index contributed by atoms with van der Waals surface area (Å²) in [7, 11) is -3.41. The van der Waals surface area contributed by atoms with Crippen molar-refractivity contribution in [3.63, 3.8) is 0 Å². The quantitative estimate of drug-likeness (QED) is 0.924. The zero-order valence-electron chi connectivity index (χ0n) is 13.0. The molecule has 0 saturated heterocycles. The lowest BCUT2D eigenvalue weighted by atomic mass is 10.1. The van der Waals surface area contributed by atoms with Crippen LogP contribution in [0, 0.1) is 0 Å². The summed E-state index contributed by atoms with van der Waals surface area (Å²) in [5.41, 5.74) is 1.37. The molecule has 0 spiro atoms. The molecule has 2 amide bonds. The molecular formula is C17H16N2O4S. The average molecular weight is 344 g/mol. The zero-order chi connectivity index (χ0) is 17.3. The van der Waals surface area contributed by atoms with Gasteiger partial charge < -0.3 is 5.32 Å². The van der Waals surface area contributed by atoms with Crippen LogP contribution >= 0.6 is 0 Å². The molecule has 3 rings (SSSR count). The van der Waals surface area contributed by atoms with E-state index in [1.165, 1.54) is 23.1 Å². The van der Waals surface area contributed by atoms with Gasteiger partial charge in [-0.1, -0.05) is 25.1 Å². The minimum absolute atomic E-state index is 0.0421. The highest BCUT2D eigenvalue weighted by Gasteiger charge is 2.28. The second kappa shape index (κ2) is 6.09. The number of hydrogen-bond acceptors (Lipinski definition) is 4. The van der Waals surface area contributed by atoms with Gasteiger partial charge in [0.15, 0.2) is 9.84 Å². The van der Waals surface area contributed by atoms with Crippen LogP contribution in [-0.4, -0.2) is 32.5 Å². The smallest absolute Gasteiger partial charge is 0.258 e. The molecule has 1 heterocycles. The SMILES string of the molecule is CCS(=O)(=O)c1cccc(C(=O)N2CC(=O)Nc3ccccc32)c1. The first-order valence-electron chi connectivity index (χ1n) is 7.46. The number of nitrogens with one attached hydrogen (secondary N) is 1. The molecule has 0 saturated carbocycles. The molecule has 6 nitrogen and oxygen atoms in total. The van der Waals surface area contributed by atoms with E-state index in [0.717, 1.165) is 0 Å². The number of benzene rings is 2. The first-order valence-corrected chi connectivity index (χ1v) is 9.11. The number of para-hydroxylation sites is 2. The Morgan fingerprint density at radius 3 is 2.67 bits per heavy atom. The Balaban J connectivity index is 2.02. The van der Waals surface area contributed by atoms with E-state index in [4.69, 9.17) is 0 Å². The second-order valence-electron chi connectivity index (χ2n) is 5.39. The molecule has 0 bridgehead atoms. The van der Waals surface area contributed by atoms with Crippen LogP contribution in [0.1, 0.15) is 17.3 Å². The molecule has 0 unspecified atom stereocenters. The van der Waals surface area contributed by atoms with E-state index >= 15 is 0 Å². The summed E-state index contributed by atoms with van der Waals surface area (Å²) in [5.74, 6) is -0.746. The van der Waals surface area contributed by atoms with Gasteiger partial charge in [-0.15, -0.1) is 0 Å². The van der Waals surface area contributed by atoms with E-state index in [2.05, 4.69) is 5.32 Å². The van der Waals surface area contributed by atoms with Crippen molar-refractivity contribution >= 4 is 33.0 Å². The molecule has 0 fully saturated rings. The van der Waals surface area contributed by atoms with E-state index < -0.39 is 15.7 Å². The molecule has 7 heteroatoms. The number of anilines is 2. The molecule has 0 atom stereocenters. The van der Waals surface area contributed by atoms with Crippen molar-refractivity contribution in [3.8, 4) is 0 Å². The highest BCUT2D eigenvalue weighted by Crippen LogP contribution is 2.30. The Bertz CT molecular complexity index is 922. The summed E-state index contributed by atoms with van der Waals surface area (Å²) in [6.45, 7) is 1.44. The number of carbonyl (C=O) groups excluding carboxylic acids is 2. The number of amides is 2. The van der Waals surface area contributed by atoms with Crippen molar-refractivity contribution in [1.82, 2.24) is 0 Å². The van der Waals surface area contributed by atoms with Crippen molar-refractivity contribution in [3.05, 3.63) is 54.1 Å². The van der Waals surface area contributed by atoms with Crippen LogP contribution in [0.15, 0.2) is 53.4 Å². The Hall–Kier alpha value is -2.67. The van der Waals surface area contributed by atoms with E-state index in [0.29, 0.717) is 11.4 Å². The maximum Gasteiger partial charge on any atom is 0.258 e. The summed E-state index contributed by atoms with van der Waals surface area (Å²) in [6, 6.07) is 12.9. The minimum atomic E-state index is -3.41. The largest absolute Gasteiger partial charge is 0.323 e. The lowest BCUT2D eigenvalue weighted by Crippen LogP contribution is -2.42. The molecule has 1 N–H and O–H groups in total. The molecule has 24 heavy (non-hydrogen) atoms. The molecule has 124 valence electrons. The molecular weight excluding hydrogens is 328 g/mol. The second-order valence-corrected chi connectivity index (χ2v) is 7.67. The van der Waals surface area contributed by atoms with Gasteiger partial charge in [0.25, 0.3) is 5.91 Å². The zero-order valence-corrected chi connectivity index (χ0v) is 13.8. The van der Waals surface area contributed by atoms with Crippen molar-refractivity contribution in [2.45, 2.75) is 11.8 Å². The number of rotatable bonds is 3. The molecule has 1 aliphatic heterocycles. The predicted octanol–water partition coefficient (Wildman–Crippen LogP) is 2.08. The maximum absolute atomic E-state index is 12.8. The van der Waals surface area contributed by atoms with Crippen LogP contribution in [0.3, 0.4) is 0 Å². The lowest BCUT2D eigenvalue weighted by Gasteiger charge is -2.29. The van der Waals surface area contributed by atoms with Crippen LogP contribution in [0.4, 0.5) is 11.4 Å². The molecule has 0 radical (unpaired) electrons. The third-order valence-electron chi connectivity index (χ3n) is 3.84. The van der Waals surface area contributed by atoms with Gasteiger partial charge in [-0.2, -0.15) is 0 Å². The summed E-state index contributed by atoms with van der Waals surface area (Å²) in [5, 5.41) is 2.71. The Morgan fingerprint density at radius 2 is 1.92 bits per heavy atom. The highest BCUT2D eigenvalue weighted by molar-refractivity contribution is 7.91.